The highest BCUT2D eigenvalue weighted by Crippen LogP contribution is 2.42. The highest BCUT2D eigenvalue weighted by molar-refractivity contribution is 6.10. The van der Waals surface area contributed by atoms with Gasteiger partial charge in [0.1, 0.15) is 5.58 Å². The van der Waals surface area contributed by atoms with Crippen LogP contribution in [0.25, 0.3) is 56.1 Å². The van der Waals surface area contributed by atoms with Gasteiger partial charge >= 0.3 is 0 Å². The average molecular weight is 567 g/mol. The van der Waals surface area contributed by atoms with Crippen LogP contribution in [0.3, 0.4) is 0 Å². The maximum absolute atomic E-state index is 6.44. The van der Waals surface area contributed by atoms with E-state index in [9.17, 15) is 0 Å². The van der Waals surface area contributed by atoms with Crippen LogP contribution in [0.4, 0.5) is 17.1 Å². The van der Waals surface area contributed by atoms with Crippen molar-refractivity contribution in [2.24, 2.45) is 0 Å². The van der Waals surface area contributed by atoms with Gasteiger partial charge in [-0.3, -0.25) is 0 Å². The Morgan fingerprint density at radius 2 is 0.864 bits per heavy atom. The molecular weight excluding hydrogens is 540 g/mol. The quantitative estimate of drug-likeness (QED) is 0.200. The van der Waals surface area contributed by atoms with Gasteiger partial charge in [-0.25, -0.2) is 15.0 Å². The zero-order valence-electron chi connectivity index (χ0n) is 23.7. The second kappa shape index (κ2) is 11.0. The fourth-order valence-electron chi connectivity index (χ4n) is 5.61. The first-order chi connectivity index (χ1) is 21.8. The van der Waals surface area contributed by atoms with Gasteiger partial charge in [0.2, 0.25) is 0 Å². The van der Waals surface area contributed by atoms with Crippen LogP contribution in [0.2, 0.25) is 0 Å². The van der Waals surface area contributed by atoms with Crippen molar-refractivity contribution in [3.8, 4) is 34.2 Å². The molecule has 0 aliphatic rings. The molecule has 5 nitrogen and oxygen atoms in total. The molecule has 0 bridgehead atoms. The molecule has 0 aliphatic carbocycles. The summed E-state index contributed by atoms with van der Waals surface area (Å²) < 4.78 is 6.44. The molecule has 0 fully saturated rings. The maximum Gasteiger partial charge on any atom is 0.164 e. The van der Waals surface area contributed by atoms with Crippen molar-refractivity contribution in [3.05, 3.63) is 158 Å². The maximum atomic E-state index is 6.44. The summed E-state index contributed by atoms with van der Waals surface area (Å²) in [5, 5.41) is 2.19. The normalized spacial score (nSPS) is 11.2. The van der Waals surface area contributed by atoms with Gasteiger partial charge in [-0.1, -0.05) is 109 Å². The summed E-state index contributed by atoms with van der Waals surface area (Å²) >= 11 is 0. The molecule has 2 heterocycles. The van der Waals surface area contributed by atoms with E-state index in [1.54, 1.807) is 0 Å². The summed E-state index contributed by atoms with van der Waals surface area (Å²) in [4.78, 5) is 16.9. The van der Waals surface area contributed by atoms with Crippen LogP contribution in [0.5, 0.6) is 0 Å². The van der Waals surface area contributed by atoms with Crippen molar-refractivity contribution in [1.82, 2.24) is 15.0 Å². The molecule has 0 saturated carbocycles. The number of anilines is 3. The Morgan fingerprint density at radius 3 is 1.48 bits per heavy atom. The van der Waals surface area contributed by atoms with E-state index in [2.05, 4.69) is 77.7 Å². The minimum absolute atomic E-state index is 0.620. The largest absolute Gasteiger partial charge is 0.454 e. The lowest BCUT2D eigenvalue weighted by molar-refractivity contribution is 0.669. The number of nitrogens with zero attached hydrogens (tertiary/aromatic N) is 4. The van der Waals surface area contributed by atoms with E-state index in [4.69, 9.17) is 19.4 Å². The molecule has 6 aromatic carbocycles. The molecule has 0 spiro atoms. The van der Waals surface area contributed by atoms with Crippen LogP contribution in [0.15, 0.2) is 162 Å². The molecule has 8 rings (SSSR count). The van der Waals surface area contributed by atoms with Crippen LogP contribution < -0.4 is 4.90 Å². The Bertz CT molecular complexity index is 2150. The van der Waals surface area contributed by atoms with Crippen molar-refractivity contribution >= 4 is 39.0 Å². The molecule has 0 aliphatic heterocycles. The number of hydrogen-bond acceptors (Lipinski definition) is 5. The third kappa shape index (κ3) is 4.67. The zero-order chi connectivity index (χ0) is 29.3. The Labute approximate surface area is 254 Å². The number of aromatic nitrogens is 3. The van der Waals surface area contributed by atoms with Gasteiger partial charge in [-0.2, -0.15) is 0 Å². The average Bonchev–Trinajstić information content (AvgIpc) is 3.49. The predicted octanol–water partition coefficient (Wildman–Crippen LogP) is 10.2. The summed E-state index contributed by atoms with van der Waals surface area (Å²) in [6.45, 7) is 0. The molecule has 0 saturated heterocycles. The minimum atomic E-state index is 0.620. The zero-order valence-corrected chi connectivity index (χ0v) is 23.7. The number of rotatable bonds is 6. The van der Waals surface area contributed by atoms with E-state index in [0.717, 1.165) is 55.7 Å². The number of para-hydroxylation sites is 3. The lowest BCUT2D eigenvalue weighted by Gasteiger charge is -2.25. The fourth-order valence-corrected chi connectivity index (χ4v) is 5.61. The van der Waals surface area contributed by atoms with Crippen LogP contribution in [0.1, 0.15) is 0 Å². The van der Waals surface area contributed by atoms with Crippen LogP contribution in [-0.2, 0) is 0 Å². The molecule has 44 heavy (non-hydrogen) atoms. The van der Waals surface area contributed by atoms with Gasteiger partial charge in [-0.15, -0.1) is 0 Å². The molecule has 2 aromatic heterocycles. The molecule has 208 valence electrons. The van der Waals surface area contributed by atoms with E-state index in [0.29, 0.717) is 17.5 Å². The summed E-state index contributed by atoms with van der Waals surface area (Å²) in [6.07, 6.45) is 0. The van der Waals surface area contributed by atoms with Gasteiger partial charge < -0.3 is 9.32 Å². The molecule has 0 atom stereocenters. The Hall–Kier alpha value is -6.07. The molecule has 8 aromatic rings. The Morgan fingerprint density at radius 1 is 0.386 bits per heavy atom. The number of hydrogen-bond donors (Lipinski definition) is 0. The minimum Gasteiger partial charge on any atom is -0.454 e. The molecular formula is C39H26N4O. The van der Waals surface area contributed by atoms with Gasteiger partial charge in [0, 0.05) is 38.8 Å². The Balaban J connectivity index is 1.25. The molecule has 0 radical (unpaired) electrons. The van der Waals surface area contributed by atoms with Crippen molar-refractivity contribution in [1.29, 1.82) is 0 Å². The topological polar surface area (TPSA) is 55.1 Å². The highest BCUT2D eigenvalue weighted by Gasteiger charge is 2.19. The van der Waals surface area contributed by atoms with Crippen LogP contribution in [0, 0.1) is 0 Å². The number of fused-ring (bicyclic) bond motifs is 3. The lowest BCUT2D eigenvalue weighted by Crippen LogP contribution is -2.10. The molecule has 5 heteroatoms. The van der Waals surface area contributed by atoms with E-state index in [1.165, 1.54) is 0 Å². The summed E-state index contributed by atoms with van der Waals surface area (Å²) in [5.41, 5.74) is 7.50. The summed E-state index contributed by atoms with van der Waals surface area (Å²) in [7, 11) is 0. The third-order valence-electron chi connectivity index (χ3n) is 7.72. The molecule has 0 amide bonds. The lowest BCUT2D eigenvalue weighted by atomic mass is 10.1. The monoisotopic (exact) mass is 566 g/mol. The van der Waals surface area contributed by atoms with Crippen LogP contribution in [-0.4, -0.2) is 15.0 Å². The second-order valence-electron chi connectivity index (χ2n) is 10.5. The Kier molecular flexibility index (Phi) is 6.39. The van der Waals surface area contributed by atoms with Crippen molar-refractivity contribution in [2.45, 2.75) is 0 Å². The van der Waals surface area contributed by atoms with Crippen molar-refractivity contribution in [2.75, 3.05) is 4.90 Å². The van der Waals surface area contributed by atoms with Crippen molar-refractivity contribution < 1.29 is 4.42 Å². The first-order valence-electron chi connectivity index (χ1n) is 14.5. The first kappa shape index (κ1) is 25.6. The van der Waals surface area contributed by atoms with E-state index >= 15 is 0 Å². The highest BCUT2D eigenvalue weighted by atomic mass is 16.3. The van der Waals surface area contributed by atoms with Gasteiger partial charge in [0.25, 0.3) is 0 Å². The summed E-state index contributed by atoms with van der Waals surface area (Å²) in [6, 6.07) is 53.3. The third-order valence-corrected chi connectivity index (χ3v) is 7.72. The van der Waals surface area contributed by atoms with E-state index in [-0.39, 0.29) is 0 Å². The second-order valence-corrected chi connectivity index (χ2v) is 10.5. The van der Waals surface area contributed by atoms with E-state index in [1.807, 2.05) is 84.9 Å². The van der Waals surface area contributed by atoms with Gasteiger partial charge in [0.05, 0.1) is 5.69 Å². The fraction of sp³-hybridized carbons (Fsp3) is 0. The SMILES string of the molecule is c1ccc(-c2nc(-c3ccccc3)nc(-c3ccc(N(c4ccccc4)c4cccc5c4oc4ccccc45)cc3)n2)cc1. The van der Waals surface area contributed by atoms with Gasteiger partial charge in [-0.05, 0) is 48.5 Å². The molecule has 0 N–H and O–H groups in total. The smallest absolute Gasteiger partial charge is 0.164 e. The van der Waals surface area contributed by atoms with Crippen molar-refractivity contribution in [3.63, 3.8) is 0 Å². The molecule has 0 unspecified atom stereocenters. The number of benzene rings is 6. The number of furan rings is 1. The predicted molar refractivity (Wildman–Crippen MR) is 178 cm³/mol. The van der Waals surface area contributed by atoms with E-state index < -0.39 is 0 Å². The summed E-state index contributed by atoms with van der Waals surface area (Å²) in [5.74, 6) is 1.90. The van der Waals surface area contributed by atoms with Gasteiger partial charge in [0.15, 0.2) is 23.1 Å². The first-order valence-corrected chi connectivity index (χ1v) is 14.5. The standard InChI is InChI=1S/C39H26N4O/c1-4-13-27(14-5-1)37-40-38(28-15-6-2-7-16-28)42-39(41-37)29-23-25-31(26-24-29)43(30-17-8-3-9-18-30)34-21-12-20-33-32-19-10-11-22-35(32)44-36(33)34/h1-26H. The van der Waals surface area contributed by atoms with Crippen LogP contribution >= 0.6 is 0 Å².